The van der Waals surface area contributed by atoms with Crippen molar-refractivity contribution in [3.63, 3.8) is 0 Å². The molecule has 1 aliphatic rings. The summed E-state index contributed by atoms with van der Waals surface area (Å²) >= 11 is 0. The van der Waals surface area contributed by atoms with Crippen LogP contribution in [0.2, 0.25) is 0 Å². The number of hydrogen-bond acceptors (Lipinski definition) is 2. The normalized spacial score (nSPS) is 19.9. The number of nitrogens with one attached hydrogen (secondary N) is 1. The Morgan fingerprint density at radius 1 is 1.22 bits per heavy atom. The molecule has 2 heterocycles. The zero-order valence-corrected chi connectivity index (χ0v) is 10.8. The van der Waals surface area contributed by atoms with Gasteiger partial charge < -0.3 is 5.32 Å². The lowest BCUT2D eigenvalue weighted by atomic mass is 10.0. The summed E-state index contributed by atoms with van der Waals surface area (Å²) in [7, 11) is 2.04. The zero-order chi connectivity index (χ0) is 12.4. The van der Waals surface area contributed by atoms with Gasteiger partial charge in [-0.2, -0.15) is 5.10 Å². The topological polar surface area (TPSA) is 29.9 Å². The molecule has 18 heavy (non-hydrogen) atoms. The van der Waals surface area contributed by atoms with E-state index in [1.54, 1.807) is 0 Å². The first-order valence-electron chi connectivity index (χ1n) is 6.67. The molecule has 1 aromatic carbocycles. The minimum Gasteiger partial charge on any atom is -0.309 e. The Hall–Kier alpha value is -1.61. The van der Waals surface area contributed by atoms with Gasteiger partial charge in [0.15, 0.2) is 0 Å². The van der Waals surface area contributed by atoms with Crippen LogP contribution < -0.4 is 5.32 Å². The van der Waals surface area contributed by atoms with E-state index in [2.05, 4.69) is 40.7 Å². The Labute approximate surface area is 108 Å². The number of aromatic nitrogens is 2. The average molecular weight is 241 g/mol. The van der Waals surface area contributed by atoms with E-state index in [1.165, 1.54) is 30.5 Å². The molecule has 1 atom stereocenters. The fourth-order valence-electron chi connectivity index (χ4n) is 2.66. The molecule has 1 aromatic heterocycles. The highest BCUT2D eigenvalue weighted by molar-refractivity contribution is 5.59. The van der Waals surface area contributed by atoms with Gasteiger partial charge in [0.1, 0.15) is 0 Å². The van der Waals surface area contributed by atoms with Crippen molar-refractivity contribution in [2.24, 2.45) is 7.05 Å². The summed E-state index contributed by atoms with van der Waals surface area (Å²) in [4.78, 5) is 0. The molecule has 0 radical (unpaired) electrons. The Morgan fingerprint density at radius 2 is 2.06 bits per heavy atom. The predicted molar refractivity (Wildman–Crippen MR) is 73.2 cm³/mol. The second kappa shape index (κ2) is 4.94. The largest absolute Gasteiger partial charge is 0.309 e. The van der Waals surface area contributed by atoms with E-state index >= 15 is 0 Å². The lowest BCUT2D eigenvalue weighted by Crippen LogP contribution is -2.28. The van der Waals surface area contributed by atoms with Crippen LogP contribution >= 0.6 is 0 Å². The van der Waals surface area contributed by atoms with Crippen LogP contribution in [-0.4, -0.2) is 16.3 Å². The summed E-state index contributed by atoms with van der Waals surface area (Å²) in [5.41, 5.74) is 3.56. The molecule has 3 rings (SSSR count). The molecular formula is C15H19N3. The standard InChI is InChI=1S/C15H19N3/c1-18-15(13-9-5-6-10-16-13)11-14(17-18)12-7-3-2-4-8-12/h2-4,7-8,11,13,16H,5-6,9-10H2,1H3. The first kappa shape index (κ1) is 11.5. The van der Waals surface area contributed by atoms with E-state index in [-0.39, 0.29) is 0 Å². The van der Waals surface area contributed by atoms with Crippen molar-refractivity contribution in [2.45, 2.75) is 25.3 Å². The molecule has 0 spiro atoms. The van der Waals surface area contributed by atoms with Crippen molar-refractivity contribution in [1.82, 2.24) is 15.1 Å². The monoisotopic (exact) mass is 241 g/mol. The fourth-order valence-corrected chi connectivity index (χ4v) is 2.66. The van der Waals surface area contributed by atoms with Gasteiger partial charge in [-0.25, -0.2) is 0 Å². The van der Waals surface area contributed by atoms with Crippen molar-refractivity contribution < 1.29 is 0 Å². The van der Waals surface area contributed by atoms with Gasteiger partial charge >= 0.3 is 0 Å². The van der Waals surface area contributed by atoms with Crippen LogP contribution in [0.1, 0.15) is 31.0 Å². The summed E-state index contributed by atoms with van der Waals surface area (Å²) < 4.78 is 2.02. The number of aryl methyl sites for hydroxylation is 1. The van der Waals surface area contributed by atoms with Crippen LogP contribution in [-0.2, 0) is 7.05 Å². The summed E-state index contributed by atoms with van der Waals surface area (Å²) in [6.45, 7) is 1.12. The number of nitrogens with zero attached hydrogens (tertiary/aromatic N) is 2. The lowest BCUT2D eigenvalue weighted by molar-refractivity contribution is 0.394. The zero-order valence-electron chi connectivity index (χ0n) is 10.8. The smallest absolute Gasteiger partial charge is 0.0926 e. The van der Waals surface area contributed by atoms with Gasteiger partial charge in [-0.15, -0.1) is 0 Å². The molecule has 1 aliphatic heterocycles. The third-order valence-corrected chi connectivity index (χ3v) is 3.65. The Bertz CT molecular complexity index is 510. The van der Waals surface area contributed by atoms with Crippen LogP contribution in [0.4, 0.5) is 0 Å². The predicted octanol–water partition coefficient (Wildman–Crippen LogP) is 2.90. The molecule has 1 unspecified atom stereocenters. The molecule has 0 bridgehead atoms. The van der Waals surface area contributed by atoms with Gasteiger partial charge in [-0.05, 0) is 25.5 Å². The van der Waals surface area contributed by atoms with E-state index in [1.807, 2.05) is 17.8 Å². The van der Waals surface area contributed by atoms with E-state index in [0.29, 0.717) is 6.04 Å². The third-order valence-electron chi connectivity index (χ3n) is 3.65. The molecular weight excluding hydrogens is 222 g/mol. The highest BCUT2D eigenvalue weighted by Crippen LogP contribution is 2.26. The summed E-state index contributed by atoms with van der Waals surface area (Å²) in [5.74, 6) is 0. The maximum atomic E-state index is 4.63. The van der Waals surface area contributed by atoms with Crippen molar-refractivity contribution in [3.8, 4) is 11.3 Å². The Morgan fingerprint density at radius 3 is 2.78 bits per heavy atom. The van der Waals surface area contributed by atoms with Gasteiger partial charge in [0, 0.05) is 18.7 Å². The van der Waals surface area contributed by atoms with Crippen molar-refractivity contribution in [1.29, 1.82) is 0 Å². The first-order chi connectivity index (χ1) is 8.84. The Balaban J connectivity index is 1.91. The molecule has 3 nitrogen and oxygen atoms in total. The number of benzene rings is 1. The molecule has 1 N–H and O–H groups in total. The molecule has 0 aliphatic carbocycles. The van der Waals surface area contributed by atoms with Crippen LogP contribution in [0, 0.1) is 0 Å². The highest BCUT2D eigenvalue weighted by Gasteiger charge is 2.19. The van der Waals surface area contributed by atoms with Crippen LogP contribution in [0.15, 0.2) is 36.4 Å². The molecule has 2 aromatic rings. The number of piperidine rings is 1. The molecule has 1 saturated heterocycles. The van der Waals surface area contributed by atoms with E-state index in [9.17, 15) is 0 Å². The van der Waals surface area contributed by atoms with Gasteiger partial charge in [0.2, 0.25) is 0 Å². The highest BCUT2D eigenvalue weighted by atomic mass is 15.3. The van der Waals surface area contributed by atoms with Crippen LogP contribution in [0.5, 0.6) is 0 Å². The quantitative estimate of drug-likeness (QED) is 0.876. The maximum Gasteiger partial charge on any atom is 0.0926 e. The van der Waals surface area contributed by atoms with Gasteiger partial charge in [-0.3, -0.25) is 4.68 Å². The summed E-state index contributed by atoms with van der Waals surface area (Å²) in [6.07, 6.45) is 3.82. The van der Waals surface area contributed by atoms with Crippen molar-refractivity contribution >= 4 is 0 Å². The summed E-state index contributed by atoms with van der Waals surface area (Å²) in [5, 5.41) is 8.21. The molecule has 1 fully saturated rings. The molecule has 0 saturated carbocycles. The maximum absolute atomic E-state index is 4.63. The average Bonchev–Trinajstić information content (AvgIpc) is 2.83. The van der Waals surface area contributed by atoms with Gasteiger partial charge in [0.25, 0.3) is 0 Å². The minimum absolute atomic E-state index is 0.466. The van der Waals surface area contributed by atoms with Gasteiger partial charge in [-0.1, -0.05) is 36.8 Å². The van der Waals surface area contributed by atoms with Crippen molar-refractivity contribution in [3.05, 3.63) is 42.1 Å². The van der Waals surface area contributed by atoms with E-state index in [4.69, 9.17) is 0 Å². The fraction of sp³-hybridized carbons (Fsp3) is 0.400. The molecule has 3 heteroatoms. The third kappa shape index (κ3) is 2.18. The van der Waals surface area contributed by atoms with Crippen LogP contribution in [0.3, 0.4) is 0 Å². The SMILES string of the molecule is Cn1nc(-c2ccccc2)cc1C1CCCCN1. The minimum atomic E-state index is 0.466. The lowest BCUT2D eigenvalue weighted by Gasteiger charge is -2.23. The van der Waals surface area contributed by atoms with Crippen LogP contribution in [0.25, 0.3) is 11.3 Å². The molecule has 94 valence electrons. The summed E-state index contributed by atoms with van der Waals surface area (Å²) in [6, 6.07) is 13.1. The second-order valence-electron chi connectivity index (χ2n) is 4.95. The number of hydrogen-bond donors (Lipinski definition) is 1. The second-order valence-corrected chi connectivity index (χ2v) is 4.95. The van der Waals surface area contributed by atoms with Gasteiger partial charge in [0.05, 0.1) is 11.4 Å². The van der Waals surface area contributed by atoms with E-state index < -0.39 is 0 Å². The van der Waals surface area contributed by atoms with Crippen molar-refractivity contribution in [2.75, 3.05) is 6.54 Å². The Kier molecular flexibility index (Phi) is 3.15. The number of rotatable bonds is 2. The first-order valence-corrected chi connectivity index (χ1v) is 6.67. The van der Waals surface area contributed by atoms with E-state index in [0.717, 1.165) is 12.2 Å². The molecule has 0 amide bonds.